The summed E-state index contributed by atoms with van der Waals surface area (Å²) in [6.45, 7) is 2.49. The van der Waals surface area contributed by atoms with E-state index in [1.807, 2.05) is 47.0 Å². The maximum absolute atomic E-state index is 13.5. The Hall–Kier alpha value is -2.93. The molecule has 1 unspecified atom stereocenters. The molecule has 2 aliphatic rings. The number of fused-ring (bicyclic) bond motifs is 2. The molecule has 3 aromatic rings. The lowest BCUT2D eigenvalue weighted by Crippen LogP contribution is -2.33. The molecule has 0 bridgehead atoms. The molecule has 0 aliphatic carbocycles. The number of rotatable bonds is 3. The molecule has 0 radical (unpaired) electrons. The number of ether oxygens (including phenoxy) is 1. The second-order valence-electron chi connectivity index (χ2n) is 7.80. The van der Waals surface area contributed by atoms with E-state index in [4.69, 9.17) is 9.72 Å². The lowest BCUT2D eigenvalue weighted by Gasteiger charge is -2.25. The number of likely N-dealkylation sites (tertiary alicyclic amines) is 1. The van der Waals surface area contributed by atoms with E-state index < -0.39 is 0 Å². The van der Waals surface area contributed by atoms with Crippen LogP contribution in [-0.4, -0.2) is 45.5 Å². The van der Waals surface area contributed by atoms with E-state index in [2.05, 4.69) is 10.3 Å². The van der Waals surface area contributed by atoms with E-state index >= 15 is 0 Å². The molecule has 0 saturated carbocycles. The summed E-state index contributed by atoms with van der Waals surface area (Å²) >= 11 is 0. The SMILES string of the molecule is COc1ccc2c(c1)cc(C(=O)N1CCCC1c1ncc3c(n1)CCNC3)n2C. The number of nitrogens with zero attached hydrogens (tertiary/aromatic N) is 4. The molecular formula is C22H25N5O2. The number of nitrogens with one attached hydrogen (secondary N) is 1. The molecule has 1 amide bonds. The van der Waals surface area contributed by atoms with Crippen molar-refractivity contribution in [3.05, 3.63) is 53.2 Å². The largest absolute Gasteiger partial charge is 0.497 e. The maximum atomic E-state index is 13.5. The van der Waals surface area contributed by atoms with E-state index in [1.165, 1.54) is 5.56 Å². The molecule has 1 N–H and O–H groups in total. The monoisotopic (exact) mass is 391 g/mol. The predicted octanol–water partition coefficient (Wildman–Crippen LogP) is 2.60. The molecule has 7 nitrogen and oxygen atoms in total. The molecule has 5 rings (SSSR count). The van der Waals surface area contributed by atoms with Crippen LogP contribution in [0.5, 0.6) is 5.75 Å². The van der Waals surface area contributed by atoms with Crippen LogP contribution in [0.2, 0.25) is 0 Å². The third-order valence-electron chi connectivity index (χ3n) is 6.11. The molecular weight excluding hydrogens is 366 g/mol. The van der Waals surface area contributed by atoms with E-state index in [1.54, 1.807) is 7.11 Å². The summed E-state index contributed by atoms with van der Waals surface area (Å²) in [5, 5.41) is 4.35. The molecule has 2 aromatic heterocycles. The number of benzene rings is 1. The minimum Gasteiger partial charge on any atom is -0.497 e. The Kier molecular flexibility index (Phi) is 4.47. The second-order valence-corrected chi connectivity index (χ2v) is 7.80. The molecule has 29 heavy (non-hydrogen) atoms. The summed E-state index contributed by atoms with van der Waals surface area (Å²) in [7, 11) is 3.59. The highest BCUT2D eigenvalue weighted by Crippen LogP contribution is 2.33. The van der Waals surface area contributed by atoms with Gasteiger partial charge in [0.15, 0.2) is 5.82 Å². The van der Waals surface area contributed by atoms with Crippen LogP contribution in [0.25, 0.3) is 10.9 Å². The summed E-state index contributed by atoms with van der Waals surface area (Å²) in [5.41, 5.74) is 3.98. The van der Waals surface area contributed by atoms with Crippen molar-refractivity contribution in [2.24, 2.45) is 7.05 Å². The molecule has 2 aliphatic heterocycles. The van der Waals surface area contributed by atoms with Gasteiger partial charge in [-0.1, -0.05) is 0 Å². The number of aromatic nitrogens is 3. The Morgan fingerprint density at radius 3 is 3.07 bits per heavy atom. The van der Waals surface area contributed by atoms with Crippen molar-refractivity contribution in [2.75, 3.05) is 20.2 Å². The highest BCUT2D eigenvalue weighted by Gasteiger charge is 2.34. The fraction of sp³-hybridized carbons (Fsp3) is 0.409. The Labute approximate surface area is 169 Å². The van der Waals surface area contributed by atoms with Crippen molar-refractivity contribution in [1.82, 2.24) is 24.8 Å². The zero-order valence-electron chi connectivity index (χ0n) is 16.8. The summed E-state index contributed by atoms with van der Waals surface area (Å²) in [5.74, 6) is 1.60. The average Bonchev–Trinajstić information content (AvgIpc) is 3.37. The van der Waals surface area contributed by atoms with Gasteiger partial charge in [0.2, 0.25) is 0 Å². The van der Waals surface area contributed by atoms with Gasteiger partial charge in [-0.2, -0.15) is 0 Å². The molecule has 0 spiro atoms. The first-order valence-corrected chi connectivity index (χ1v) is 10.2. The van der Waals surface area contributed by atoms with Gasteiger partial charge in [-0.3, -0.25) is 4.79 Å². The zero-order valence-corrected chi connectivity index (χ0v) is 16.8. The van der Waals surface area contributed by atoms with Crippen molar-refractivity contribution in [3.63, 3.8) is 0 Å². The Bertz CT molecular complexity index is 1090. The number of carbonyl (C=O) groups excluding carboxylic acids is 1. The Morgan fingerprint density at radius 2 is 2.21 bits per heavy atom. The summed E-state index contributed by atoms with van der Waals surface area (Å²) in [6, 6.07) is 7.77. The number of methoxy groups -OCH3 is 1. The van der Waals surface area contributed by atoms with E-state index in [0.717, 1.165) is 67.1 Å². The quantitative estimate of drug-likeness (QED) is 0.743. The molecule has 1 atom stereocenters. The number of amides is 1. The third kappa shape index (κ3) is 3.06. The predicted molar refractivity (Wildman–Crippen MR) is 110 cm³/mol. The molecule has 1 aromatic carbocycles. The van der Waals surface area contributed by atoms with Crippen LogP contribution in [0.1, 0.15) is 46.5 Å². The number of carbonyl (C=O) groups is 1. The fourth-order valence-electron chi connectivity index (χ4n) is 4.50. The summed E-state index contributed by atoms with van der Waals surface area (Å²) < 4.78 is 7.29. The Balaban J connectivity index is 1.47. The minimum atomic E-state index is -0.0600. The number of aryl methyl sites for hydroxylation is 1. The second kappa shape index (κ2) is 7.15. The van der Waals surface area contributed by atoms with Gasteiger partial charge >= 0.3 is 0 Å². The van der Waals surface area contributed by atoms with Crippen LogP contribution in [0.3, 0.4) is 0 Å². The van der Waals surface area contributed by atoms with Gasteiger partial charge in [0.25, 0.3) is 5.91 Å². The van der Waals surface area contributed by atoms with Crippen LogP contribution < -0.4 is 10.1 Å². The highest BCUT2D eigenvalue weighted by molar-refractivity contribution is 5.99. The lowest BCUT2D eigenvalue weighted by molar-refractivity contribution is 0.0720. The molecule has 1 fully saturated rings. The lowest BCUT2D eigenvalue weighted by atomic mass is 10.1. The normalized spacial score (nSPS) is 18.8. The zero-order chi connectivity index (χ0) is 20.0. The van der Waals surface area contributed by atoms with E-state index in [9.17, 15) is 4.79 Å². The van der Waals surface area contributed by atoms with Crippen molar-refractivity contribution in [1.29, 1.82) is 0 Å². The van der Waals surface area contributed by atoms with Gasteiger partial charge < -0.3 is 19.5 Å². The van der Waals surface area contributed by atoms with Crippen LogP contribution in [0, 0.1) is 0 Å². The van der Waals surface area contributed by atoms with Crippen LogP contribution in [-0.2, 0) is 20.0 Å². The molecule has 7 heteroatoms. The number of hydrogen-bond donors (Lipinski definition) is 1. The summed E-state index contributed by atoms with van der Waals surface area (Å²) in [4.78, 5) is 24.9. The first-order valence-electron chi connectivity index (χ1n) is 10.2. The van der Waals surface area contributed by atoms with Gasteiger partial charge in [-0.05, 0) is 37.1 Å². The topological polar surface area (TPSA) is 72.3 Å². The highest BCUT2D eigenvalue weighted by atomic mass is 16.5. The smallest absolute Gasteiger partial charge is 0.271 e. The molecule has 4 heterocycles. The van der Waals surface area contributed by atoms with Crippen molar-refractivity contribution in [3.8, 4) is 5.75 Å². The first-order chi connectivity index (χ1) is 14.2. The minimum absolute atomic E-state index is 0.0353. The van der Waals surface area contributed by atoms with Gasteiger partial charge in [0, 0.05) is 61.5 Å². The van der Waals surface area contributed by atoms with E-state index in [-0.39, 0.29) is 11.9 Å². The maximum Gasteiger partial charge on any atom is 0.271 e. The van der Waals surface area contributed by atoms with Gasteiger partial charge in [0.1, 0.15) is 11.4 Å². The van der Waals surface area contributed by atoms with Gasteiger partial charge in [-0.15, -0.1) is 0 Å². The third-order valence-corrected chi connectivity index (χ3v) is 6.11. The van der Waals surface area contributed by atoms with Crippen molar-refractivity contribution >= 4 is 16.8 Å². The van der Waals surface area contributed by atoms with E-state index in [0.29, 0.717) is 5.69 Å². The van der Waals surface area contributed by atoms with Gasteiger partial charge in [-0.25, -0.2) is 9.97 Å². The summed E-state index contributed by atoms with van der Waals surface area (Å²) in [6.07, 6.45) is 4.71. The Morgan fingerprint density at radius 1 is 1.31 bits per heavy atom. The molecule has 150 valence electrons. The van der Waals surface area contributed by atoms with Crippen LogP contribution in [0.4, 0.5) is 0 Å². The molecule has 1 saturated heterocycles. The van der Waals surface area contributed by atoms with Gasteiger partial charge in [0.05, 0.1) is 13.2 Å². The average molecular weight is 391 g/mol. The standard InChI is InChI=1S/C22H25N5O2/c1-26-18-6-5-16(29-2)10-14(18)11-20(26)22(28)27-9-3-4-19(27)21-24-13-15-12-23-8-7-17(15)25-21/h5-6,10-11,13,19,23H,3-4,7-9,12H2,1-2H3. The van der Waals surface area contributed by atoms with Crippen LogP contribution >= 0.6 is 0 Å². The fourth-order valence-corrected chi connectivity index (χ4v) is 4.50. The van der Waals surface area contributed by atoms with Crippen molar-refractivity contribution in [2.45, 2.75) is 31.8 Å². The van der Waals surface area contributed by atoms with Crippen LogP contribution in [0.15, 0.2) is 30.5 Å². The van der Waals surface area contributed by atoms with Crippen molar-refractivity contribution < 1.29 is 9.53 Å². The number of hydrogen-bond acceptors (Lipinski definition) is 5. The first kappa shape index (κ1) is 18.1.